The van der Waals surface area contributed by atoms with Gasteiger partial charge in [-0.3, -0.25) is 4.79 Å². The largest absolute Gasteiger partial charge is 0.372 e. The molecule has 1 atom stereocenters. The lowest BCUT2D eigenvalue weighted by Gasteiger charge is -2.21. The fraction of sp³-hybridized carbons (Fsp3) is 0.588. The number of rotatable bonds is 5. The minimum absolute atomic E-state index is 0.00297. The van der Waals surface area contributed by atoms with Crippen molar-refractivity contribution in [3.63, 3.8) is 0 Å². The zero-order valence-corrected chi connectivity index (χ0v) is 12.8. The zero-order valence-electron chi connectivity index (χ0n) is 12.8. The standard InChI is InChI=1S/C17H25N3O/c1-2-10-18-16-9-13-20(17(16)21)15-7-5-14(6-8-15)19-11-3-4-12-19/h5-8,16,18H,2-4,9-13H2,1H3. The van der Waals surface area contributed by atoms with Crippen molar-refractivity contribution in [3.8, 4) is 0 Å². The Hall–Kier alpha value is -1.55. The van der Waals surface area contributed by atoms with Gasteiger partial charge in [-0.05, 0) is 56.5 Å². The number of hydrogen-bond acceptors (Lipinski definition) is 3. The number of amides is 1. The number of anilines is 2. The summed E-state index contributed by atoms with van der Waals surface area (Å²) in [6.07, 6.45) is 4.55. The predicted molar refractivity (Wildman–Crippen MR) is 86.9 cm³/mol. The predicted octanol–water partition coefficient (Wildman–Crippen LogP) is 2.39. The van der Waals surface area contributed by atoms with Crippen molar-refractivity contribution in [1.29, 1.82) is 0 Å². The monoisotopic (exact) mass is 287 g/mol. The third kappa shape index (κ3) is 3.05. The molecule has 1 aromatic carbocycles. The van der Waals surface area contributed by atoms with Gasteiger partial charge < -0.3 is 15.1 Å². The third-order valence-electron chi connectivity index (χ3n) is 4.48. The Morgan fingerprint density at radius 2 is 1.76 bits per heavy atom. The van der Waals surface area contributed by atoms with E-state index < -0.39 is 0 Å². The topological polar surface area (TPSA) is 35.6 Å². The van der Waals surface area contributed by atoms with Gasteiger partial charge in [-0.25, -0.2) is 0 Å². The number of nitrogens with zero attached hydrogens (tertiary/aromatic N) is 2. The van der Waals surface area contributed by atoms with Gasteiger partial charge in [-0.2, -0.15) is 0 Å². The minimum atomic E-state index is 0.00297. The number of nitrogens with one attached hydrogen (secondary N) is 1. The van der Waals surface area contributed by atoms with Crippen LogP contribution in [0.1, 0.15) is 32.6 Å². The maximum absolute atomic E-state index is 12.4. The van der Waals surface area contributed by atoms with Crippen LogP contribution in [0.25, 0.3) is 0 Å². The van der Waals surface area contributed by atoms with Crippen molar-refractivity contribution < 1.29 is 4.79 Å². The molecular weight excluding hydrogens is 262 g/mol. The van der Waals surface area contributed by atoms with Gasteiger partial charge in [0.25, 0.3) is 0 Å². The Labute approximate surface area is 127 Å². The van der Waals surface area contributed by atoms with E-state index in [4.69, 9.17) is 0 Å². The van der Waals surface area contributed by atoms with E-state index in [0.29, 0.717) is 0 Å². The molecule has 0 bridgehead atoms. The van der Waals surface area contributed by atoms with Gasteiger partial charge in [0.1, 0.15) is 0 Å². The van der Waals surface area contributed by atoms with Gasteiger partial charge in [0.2, 0.25) is 5.91 Å². The Bertz CT molecular complexity index is 479. The van der Waals surface area contributed by atoms with Crippen molar-refractivity contribution in [2.75, 3.05) is 36.0 Å². The van der Waals surface area contributed by atoms with E-state index in [1.54, 1.807) is 0 Å². The van der Waals surface area contributed by atoms with Gasteiger partial charge in [0.05, 0.1) is 6.04 Å². The minimum Gasteiger partial charge on any atom is -0.372 e. The second-order valence-corrected chi connectivity index (χ2v) is 6.00. The van der Waals surface area contributed by atoms with Gasteiger partial charge in [0.15, 0.2) is 0 Å². The van der Waals surface area contributed by atoms with Gasteiger partial charge >= 0.3 is 0 Å². The van der Waals surface area contributed by atoms with Crippen LogP contribution in [0.15, 0.2) is 24.3 Å². The molecule has 1 aromatic rings. The van der Waals surface area contributed by atoms with Crippen molar-refractivity contribution >= 4 is 17.3 Å². The quantitative estimate of drug-likeness (QED) is 0.903. The lowest BCUT2D eigenvalue weighted by atomic mass is 10.2. The van der Waals surface area contributed by atoms with E-state index in [-0.39, 0.29) is 11.9 Å². The molecule has 2 aliphatic rings. The van der Waals surface area contributed by atoms with E-state index in [0.717, 1.165) is 44.7 Å². The number of carbonyl (C=O) groups is 1. The first-order valence-electron chi connectivity index (χ1n) is 8.19. The molecule has 3 rings (SSSR count). The highest BCUT2D eigenvalue weighted by Gasteiger charge is 2.31. The zero-order chi connectivity index (χ0) is 14.7. The van der Waals surface area contributed by atoms with Crippen molar-refractivity contribution in [2.24, 2.45) is 0 Å². The van der Waals surface area contributed by atoms with Crippen LogP contribution in [0.5, 0.6) is 0 Å². The Kier molecular flexibility index (Phi) is 4.44. The van der Waals surface area contributed by atoms with Crippen LogP contribution in [0, 0.1) is 0 Å². The molecule has 0 spiro atoms. The summed E-state index contributed by atoms with van der Waals surface area (Å²) in [6, 6.07) is 8.49. The summed E-state index contributed by atoms with van der Waals surface area (Å²) in [5, 5.41) is 3.34. The fourth-order valence-electron chi connectivity index (χ4n) is 3.26. The third-order valence-corrected chi connectivity index (χ3v) is 4.48. The molecule has 0 aromatic heterocycles. The summed E-state index contributed by atoms with van der Waals surface area (Å²) in [6.45, 7) is 6.18. The van der Waals surface area contributed by atoms with E-state index in [1.807, 2.05) is 4.90 Å². The molecule has 114 valence electrons. The van der Waals surface area contributed by atoms with Crippen LogP contribution >= 0.6 is 0 Å². The fourth-order valence-corrected chi connectivity index (χ4v) is 3.26. The molecule has 0 saturated carbocycles. The van der Waals surface area contributed by atoms with E-state index in [2.05, 4.69) is 41.4 Å². The Morgan fingerprint density at radius 1 is 1.10 bits per heavy atom. The molecule has 0 aliphatic carbocycles. The van der Waals surface area contributed by atoms with Crippen LogP contribution in [-0.2, 0) is 4.79 Å². The van der Waals surface area contributed by atoms with Crippen molar-refractivity contribution in [2.45, 2.75) is 38.6 Å². The summed E-state index contributed by atoms with van der Waals surface area (Å²) in [4.78, 5) is 16.7. The summed E-state index contributed by atoms with van der Waals surface area (Å²) in [5.74, 6) is 0.220. The Morgan fingerprint density at radius 3 is 2.43 bits per heavy atom. The highest BCUT2D eigenvalue weighted by Crippen LogP contribution is 2.26. The molecule has 2 fully saturated rings. The lowest BCUT2D eigenvalue weighted by Crippen LogP contribution is -2.38. The molecular formula is C17H25N3O. The highest BCUT2D eigenvalue weighted by atomic mass is 16.2. The highest BCUT2D eigenvalue weighted by molar-refractivity contribution is 5.99. The second kappa shape index (κ2) is 6.48. The van der Waals surface area contributed by atoms with Crippen LogP contribution < -0.4 is 15.1 Å². The maximum Gasteiger partial charge on any atom is 0.244 e. The molecule has 1 N–H and O–H groups in total. The number of hydrogen-bond donors (Lipinski definition) is 1. The first kappa shape index (κ1) is 14.4. The normalized spacial score (nSPS) is 22.3. The lowest BCUT2D eigenvalue weighted by molar-refractivity contribution is -0.118. The van der Waals surface area contributed by atoms with E-state index in [9.17, 15) is 4.79 Å². The smallest absolute Gasteiger partial charge is 0.244 e. The Balaban J connectivity index is 1.65. The molecule has 0 radical (unpaired) electrons. The van der Waals surface area contributed by atoms with Crippen LogP contribution in [0.4, 0.5) is 11.4 Å². The van der Waals surface area contributed by atoms with Crippen LogP contribution in [-0.4, -0.2) is 38.1 Å². The van der Waals surface area contributed by atoms with E-state index in [1.165, 1.54) is 18.5 Å². The molecule has 1 amide bonds. The molecule has 4 heteroatoms. The van der Waals surface area contributed by atoms with Crippen LogP contribution in [0.3, 0.4) is 0 Å². The van der Waals surface area contributed by atoms with E-state index >= 15 is 0 Å². The van der Waals surface area contributed by atoms with Gasteiger partial charge in [-0.1, -0.05) is 6.92 Å². The molecule has 2 saturated heterocycles. The first-order valence-corrected chi connectivity index (χ1v) is 8.19. The molecule has 1 unspecified atom stereocenters. The summed E-state index contributed by atoms with van der Waals surface area (Å²) < 4.78 is 0. The summed E-state index contributed by atoms with van der Waals surface area (Å²) >= 11 is 0. The first-order chi connectivity index (χ1) is 10.3. The average molecular weight is 287 g/mol. The molecule has 2 aliphatic heterocycles. The SMILES string of the molecule is CCCNC1CCN(c2ccc(N3CCCC3)cc2)C1=O. The number of benzene rings is 1. The average Bonchev–Trinajstić information content (AvgIpc) is 3.16. The number of carbonyl (C=O) groups excluding carboxylic acids is 1. The van der Waals surface area contributed by atoms with Gasteiger partial charge in [-0.15, -0.1) is 0 Å². The summed E-state index contributed by atoms with van der Waals surface area (Å²) in [5.41, 5.74) is 2.31. The molecule has 2 heterocycles. The maximum atomic E-state index is 12.4. The van der Waals surface area contributed by atoms with Gasteiger partial charge in [0, 0.05) is 31.0 Å². The molecule has 21 heavy (non-hydrogen) atoms. The van der Waals surface area contributed by atoms with Crippen molar-refractivity contribution in [3.05, 3.63) is 24.3 Å². The van der Waals surface area contributed by atoms with Crippen molar-refractivity contribution in [1.82, 2.24) is 5.32 Å². The summed E-state index contributed by atoms with van der Waals surface area (Å²) in [7, 11) is 0. The second-order valence-electron chi connectivity index (χ2n) is 6.00. The van der Waals surface area contributed by atoms with Crippen LogP contribution in [0.2, 0.25) is 0 Å². The molecule has 4 nitrogen and oxygen atoms in total.